The lowest BCUT2D eigenvalue weighted by atomic mass is 9.85. The summed E-state index contributed by atoms with van der Waals surface area (Å²) in [6, 6.07) is 4.55. The number of ether oxygens (including phenoxy) is 1. The van der Waals surface area contributed by atoms with Gasteiger partial charge in [0.05, 0.1) is 11.8 Å². The standard InChI is InChI=1S/C22H24N2O5/c1-11-4-7-16(12(2)8-11)23-17(25)10-29-22(28)13(3)24-20(26)18-14-5-6-15(9-14)19(18)21(24)27/h4-8,13-15,18-19H,9-10H2,1-3H3,(H,23,25)/t13-,14-,15-,18-,19+/m0/s1. The van der Waals surface area contributed by atoms with E-state index in [1.807, 2.05) is 38.1 Å². The summed E-state index contributed by atoms with van der Waals surface area (Å²) in [5.41, 5.74) is 2.63. The first-order valence-corrected chi connectivity index (χ1v) is 9.87. The molecule has 4 rings (SSSR count). The van der Waals surface area contributed by atoms with Crippen LogP contribution in [0.4, 0.5) is 5.69 Å². The number of rotatable bonds is 5. The van der Waals surface area contributed by atoms with Gasteiger partial charge >= 0.3 is 5.97 Å². The molecule has 5 atom stereocenters. The Hall–Kier alpha value is -2.96. The van der Waals surface area contributed by atoms with E-state index in [0.29, 0.717) is 5.69 Å². The number of anilines is 1. The normalized spacial score (nSPS) is 27.9. The van der Waals surface area contributed by atoms with Gasteiger partial charge < -0.3 is 10.1 Å². The number of aryl methyl sites for hydroxylation is 2. The molecule has 2 fully saturated rings. The molecule has 0 unspecified atom stereocenters. The third-order valence-electron chi connectivity index (χ3n) is 6.23. The van der Waals surface area contributed by atoms with Gasteiger partial charge in [-0.2, -0.15) is 0 Å². The smallest absolute Gasteiger partial charge is 0.329 e. The minimum atomic E-state index is -1.05. The van der Waals surface area contributed by atoms with E-state index in [1.54, 1.807) is 6.07 Å². The number of esters is 1. The van der Waals surface area contributed by atoms with Gasteiger partial charge in [-0.3, -0.25) is 19.3 Å². The van der Waals surface area contributed by atoms with Crippen LogP contribution in [0.1, 0.15) is 24.5 Å². The number of fused-ring (bicyclic) bond motifs is 5. The molecular weight excluding hydrogens is 372 g/mol. The van der Waals surface area contributed by atoms with E-state index in [0.717, 1.165) is 22.4 Å². The molecule has 1 aliphatic heterocycles. The SMILES string of the molecule is Cc1ccc(NC(=O)COC(=O)[C@H](C)N2C(=O)[C@@H]3[C@H](C2=O)[C@H]2C=C[C@H]3C2)c(C)c1. The van der Waals surface area contributed by atoms with Crippen molar-refractivity contribution in [1.82, 2.24) is 4.90 Å². The van der Waals surface area contributed by atoms with Crippen molar-refractivity contribution < 1.29 is 23.9 Å². The zero-order valence-electron chi connectivity index (χ0n) is 16.7. The predicted octanol–water partition coefficient (Wildman–Crippen LogP) is 1.98. The number of likely N-dealkylation sites (tertiary alicyclic amines) is 1. The third kappa shape index (κ3) is 3.24. The quantitative estimate of drug-likeness (QED) is 0.467. The first-order chi connectivity index (χ1) is 13.8. The van der Waals surface area contributed by atoms with Crippen molar-refractivity contribution in [2.75, 3.05) is 11.9 Å². The van der Waals surface area contributed by atoms with Crippen LogP contribution in [0.3, 0.4) is 0 Å². The van der Waals surface area contributed by atoms with Crippen molar-refractivity contribution in [3.63, 3.8) is 0 Å². The van der Waals surface area contributed by atoms with Gasteiger partial charge in [0, 0.05) is 5.69 Å². The molecule has 0 aromatic heterocycles. The number of allylic oxidation sites excluding steroid dienone is 2. The van der Waals surface area contributed by atoms with Crippen LogP contribution in [0.2, 0.25) is 0 Å². The Bertz CT molecular complexity index is 907. The third-order valence-corrected chi connectivity index (χ3v) is 6.23. The number of nitrogens with one attached hydrogen (secondary N) is 1. The van der Waals surface area contributed by atoms with E-state index in [4.69, 9.17) is 4.74 Å². The monoisotopic (exact) mass is 396 g/mol. The summed E-state index contributed by atoms with van der Waals surface area (Å²) in [5.74, 6) is -2.40. The van der Waals surface area contributed by atoms with Crippen molar-refractivity contribution in [2.45, 2.75) is 33.2 Å². The molecule has 7 nitrogen and oxygen atoms in total. The van der Waals surface area contributed by atoms with E-state index in [2.05, 4.69) is 5.32 Å². The molecule has 2 bridgehead atoms. The highest BCUT2D eigenvalue weighted by Gasteiger charge is 2.60. The molecule has 0 spiro atoms. The second-order valence-corrected chi connectivity index (χ2v) is 8.20. The molecule has 1 saturated heterocycles. The number of hydrogen-bond donors (Lipinski definition) is 1. The van der Waals surface area contributed by atoms with Crippen LogP contribution >= 0.6 is 0 Å². The van der Waals surface area contributed by atoms with Crippen LogP contribution in [0.15, 0.2) is 30.4 Å². The summed E-state index contributed by atoms with van der Waals surface area (Å²) in [6.07, 6.45) is 4.83. The summed E-state index contributed by atoms with van der Waals surface area (Å²) in [7, 11) is 0. The van der Waals surface area contributed by atoms with Gasteiger partial charge in [-0.05, 0) is 50.7 Å². The van der Waals surface area contributed by atoms with Crippen LogP contribution in [0.25, 0.3) is 0 Å². The van der Waals surface area contributed by atoms with Gasteiger partial charge in [-0.15, -0.1) is 0 Å². The molecule has 1 aromatic rings. The number of imide groups is 1. The first-order valence-electron chi connectivity index (χ1n) is 9.87. The lowest BCUT2D eigenvalue weighted by molar-refractivity contribution is -0.159. The van der Waals surface area contributed by atoms with Gasteiger partial charge in [0.2, 0.25) is 11.8 Å². The van der Waals surface area contributed by atoms with Gasteiger partial charge in [0.25, 0.3) is 5.91 Å². The van der Waals surface area contributed by atoms with Crippen LogP contribution in [0, 0.1) is 37.5 Å². The molecule has 7 heteroatoms. The maximum Gasteiger partial charge on any atom is 0.329 e. The molecule has 1 heterocycles. The van der Waals surface area contributed by atoms with Gasteiger partial charge in [-0.1, -0.05) is 29.8 Å². The van der Waals surface area contributed by atoms with Gasteiger partial charge in [0.15, 0.2) is 6.61 Å². The fourth-order valence-corrected chi connectivity index (χ4v) is 4.81. The van der Waals surface area contributed by atoms with Crippen LogP contribution in [0.5, 0.6) is 0 Å². The molecular formula is C22H24N2O5. The molecule has 3 aliphatic rings. The van der Waals surface area contributed by atoms with Crippen molar-refractivity contribution in [1.29, 1.82) is 0 Å². The molecule has 29 heavy (non-hydrogen) atoms. The first kappa shape index (κ1) is 19.4. The van der Waals surface area contributed by atoms with Crippen LogP contribution < -0.4 is 5.32 Å². The number of amides is 3. The lowest BCUT2D eigenvalue weighted by Gasteiger charge is -2.23. The van der Waals surface area contributed by atoms with E-state index in [9.17, 15) is 19.2 Å². The van der Waals surface area contributed by atoms with Crippen molar-refractivity contribution >= 4 is 29.4 Å². The zero-order valence-corrected chi connectivity index (χ0v) is 16.7. The molecule has 3 amide bonds. The number of benzene rings is 1. The maximum absolute atomic E-state index is 12.8. The summed E-state index contributed by atoms with van der Waals surface area (Å²) < 4.78 is 5.09. The highest BCUT2D eigenvalue weighted by molar-refractivity contribution is 6.09. The number of carbonyl (C=O) groups is 4. The lowest BCUT2D eigenvalue weighted by Crippen LogP contribution is -2.45. The minimum Gasteiger partial charge on any atom is -0.454 e. The van der Waals surface area contributed by atoms with E-state index < -0.39 is 24.5 Å². The Labute approximate surface area is 169 Å². The van der Waals surface area contributed by atoms with Crippen molar-refractivity contribution in [3.8, 4) is 0 Å². The van der Waals surface area contributed by atoms with Gasteiger partial charge in [-0.25, -0.2) is 4.79 Å². The highest BCUT2D eigenvalue weighted by atomic mass is 16.5. The van der Waals surface area contributed by atoms with Crippen molar-refractivity contribution in [2.24, 2.45) is 23.7 Å². The van der Waals surface area contributed by atoms with Crippen LogP contribution in [-0.2, 0) is 23.9 Å². The average molecular weight is 396 g/mol. The fourth-order valence-electron chi connectivity index (χ4n) is 4.81. The Balaban J connectivity index is 1.35. The summed E-state index contributed by atoms with van der Waals surface area (Å²) in [6.45, 7) is 4.82. The van der Waals surface area contributed by atoms with E-state index in [1.165, 1.54) is 6.92 Å². The van der Waals surface area contributed by atoms with E-state index >= 15 is 0 Å². The Morgan fingerprint density at radius 1 is 1.14 bits per heavy atom. The number of hydrogen-bond acceptors (Lipinski definition) is 5. The molecule has 152 valence electrons. The number of carbonyl (C=O) groups excluding carboxylic acids is 4. The molecule has 1 aromatic carbocycles. The second-order valence-electron chi connectivity index (χ2n) is 8.20. The van der Waals surface area contributed by atoms with Crippen LogP contribution in [-0.4, -0.2) is 41.2 Å². The largest absolute Gasteiger partial charge is 0.454 e. The predicted molar refractivity (Wildman–Crippen MR) is 105 cm³/mol. The Morgan fingerprint density at radius 2 is 1.76 bits per heavy atom. The number of nitrogens with zero attached hydrogens (tertiary/aromatic N) is 1. The Morgan fingerprint density at radius 3 is 2.34 bits per heavy atom. The summed E-state index contributed by atoms with van der Waals surface area (Å²) >= 11 is 0. The maximum atomic E-state index is 12.8. The molecule has 2 aliphatic carbocycles. The summed E-state index contributed by atoms with van der Waals surface area (Å²) in [4.78, 5) is 51.1. The molecule has 1 N–H and O–H groups in total. The van der Waals surface area contributed by atoms with Gasteiger partial charge in [0.1, 0.15) is 6.04 Å². The zero-order chi connectivity index (χ0) is 20.9. The second kappa shape index (κ2) is 7.13. The minimum absolute atomic E-state index is 0.0817. The summed E-state index contributed by atoms with van der Waals surface area (Å²) in [5, 5.41) is 2.70. The fraction of sp³-hybridized carbons (Fsp3) is 0.455. The van der Waals surface area contributed by atoms with Crippen molar-refractivity contribution in [3.05, 3.63) is 41.5 Å². The average Bonchev–Trinajstić information content (AvgIpc) is 3.35. The highest BCUT2D eigenvalue weighted by Crippen LogP contribution is 2.52. The van der Waals surface area contributed by atoms with E-state index in [-0.39, 0.29) is 35.5 Å². The Kier molecular flexibility index (Phi) is 4.76. The molecule has 1 saturated carbocycles. The topological polar surface area (TPSA) is 92.8 Å². The molecule has 0 radical (unpaired) electrons.